The van der Waals surface area contributed by atoms with E-state index in [0.717, 1.165) is 35.7 Å². The molecule has 4 rings (SSSR count). The number of aromatic nitrogens is 3. The van der Waals surface area contributed by atoms with Crippen molar-refractivity contribution < 1.29 is 4.79 Å². The Morgan fingerprint density at radius 2 is 2.03 bits per heavy atom. The minimum absolute atomic E-state index is 0.0127. The Morgan fingerprint density at radius 1 is 1.27 bits per heavy atom. The van der Waals surface area contributed by atoms with Crippen LogP contribution in [0, 0.1) is 5.92 Å². The number of rotatable bonds is 7. The predicted molar refractivity (Wildman–Crippen MR) is 119 cm³/mol. The van der Waals surface area contributed by atoms with E-state index >= 15 is 0 Å². The Bertz CT molecular complexity index is 835. The van der Waals surface area contributed by atoms with Gasteiger partial charge in [-0.2, -0.15) is 0 Å². The summed E-state index contributed by atoms with van der Waals surface area (Å²) >= 11 is 0. The highest BCUT2D eigenvalue weighted by Gasteiger charge is 2.38. The first-order chi connectivity index (χ1) is 14.6. The van der Waals surface area contributed by atoms with Gasteiger partial charge in [-0.3, -0.25) is 4.79 Å². The molecule has 2 saturated heterocycles. The number of fused-ring (bicyclic) bond motifs is 1. The largest absolute Gasteiger partial charge is 0.356 e. The molecule has 0 bridgehead atoms. The lowest BCUT2D eigenvalue weighted by Crippen LogP contribution is -2.60. The van der Waals surface area contributed by atoms with Gasteiger partial charge in [0.2, 0.25) is 5.91 Å². The van der Waals surface area contributed by atoms with Crippen molar-refractivity contribution >= 4 is 22.8 Å². The Balaban J connectivity index is 1.21. The monoisotopic (exact) mass is 413 g/mol. The number of carbonyl (C=O) groups is 1. The van der Waals surface area contributed by atoms with E-state index in [-0.39, 0.29) is 5.91 Å². The van der Waals surface area contributed by atoms with Gasteiger partial charge in [0, 0.05) is 25.8 Å². The maximum atomic E-state index is 12.8. The molecule has 0 spiro atoms. The second kappa shape index (κ2) is 9.31. The second-order valence-electron chi connectivity index (χ2n) is 8.88. The quantitative estimate of drug-likeness (QED) is 0.599. The molecule has 0 atom stereocenters. The highest BCUT2D eigenvalue weighted by molar-refractivity contribution is 5.88. The molecule has 2 aliphatic rings. The van der Waals surface area contributed by atoms with Gasteiger partial charge in [0.15, 0.2) is 0 Å². The van der Waals surface area contributed by atoms with Gasteiger partial charge >= 0.3 is 0 Å². The first-order valence-corrected chi connectivity index (χ1v) is 11.4. The topological polar surface area (TPSA) is 103 Å². The van der Waals surface area contributed by atoms with Crippen LogP contribution in [-0.2, 0) is 4.79 Å². The average Bonchev–Trinajstić information content (AvgIpc) is 3.27. The number of hydrogen-bond donors (Lipinski definition) is 3. The van der Waals surface area contributed by atoms with Crippen molar-refractivity contribution in [3.8, 4) is 0 Å². The fraction of sp³-hybridized carbons (Fsp3) is 0.682. The van der Waals surface area contributed by atoms with Crippen LogP contribution < -0.4 is 16.0 Å². The second-order valence-corrected chi connectivity index (χ2v) is 8.88. The van der Waals surface area contributed by atoms with Gasteiger partial charge < -0.3 is 25.8 Å². The molecule has 0 saturated carbocycles. The van der Waals surface area contributed by atoms with E-state index in [4.69, 9.17) is 5.73 Å². The summed E-state index contributed by atoms with van der Waals surface area (Å²) in [5.41, 5.74) is 6.55. The van der Waals surface area contributed by atoms with E-state index in [1.54, 1.807) is 6.33 Å². The zero-order valence-electron chi connectivity index (χ0n) is 18.1. The number of likely N-dealkylation sites (tertiary alicyclic amines) is 1. The smallest absolute Gasteiger partial charge is 0.240 e. The zero-order valence-corrected chi connectivity index (χ0v) is 18.1. The van der Waals surface area contributed by atoms with E-state index in [1.807, 2.05) is 12.3 Å². The lowest BCUT2D eigenvalue weighted by molar-refractivity contribution is -0.127. The number of carbonyl (C=O) groups excluding carboxylic acids is 1. The molecule has 4 heterocycles. The van der Waals surface area contributed by atoms with Crippen LogP contribution in [0.5, 0.6) is 0 Å². The van der Waals surface area contributed by atoms with Crippen LogP contribution in [0.1, 0.15) is 45.4 Å². The van der Waals surface area contributed by atoms with E-state index in [2.05, 4.69) is 37.0 Å². The molecule has 8 heteroatoms. The van der Waals surface area contributed by atoms with Gasteiger partial charge in [-0.05, 0) is 63.7 Å². The summed E-state index contributed by atoms with van der Waals surface area (Å²) in [6.45, 7) is 7.87. The van der Waals surface area contributed by atoms with Crippen LogP contribution in [-0.4, -0.2) is 70.6 Å². The summed E-state index contributed by atoms with van der Waals surface area (Å²) in [4.78, 5) is 29.3. The summed E-state index contributed by atoms with van der Waals surface area (Å²) in [5.74, 6) is 1.80. The standard InChI is InChI=1S/C22H35N7O/c1-2-17-5-12-28(13-6-17)11-3-9-25-21(30)22(23)7-14-29(15-8-22)20-18-4-10-24-19(18)26-16-27-20/h4,10,16-17H,2-3,5-9,11-15,23H2,1H3,(H,25,30)(H,24,26,27). The minimum Gasteiger partial charge on any atom is -0.356 e. The van der Waals surface area contributed by atoms with Crippen molar-refractivity contribution in [3.63, 3.8) is 0 Å². The van der Waals surface area contributed by atoms with E-state index in [9.17, 15) is 4.79 Å². The number of nitrogens with one attached hydrogen (secondary N) is 2. The number of nitrogens with zero attached hydrogens (tertiary/aromatic N) is 4. The molecule has 2 aromatic rings. The number of nitrogens with two attached hydrogens (primary N) is 1. The molecule has 0 unspecified atom stereocenters. The number of amides is 1. The molecular weight excluding hydrogens is 378 g/mol. The Hall–Kier alpha value is -2.19. The summed E-state index contributed by atoms with van der Waals surface area (Å²) in [7, 11) is 0. The zero-order chi connectivity index (χ0) is 21.0. The van der Waals surface area contributed by atoms with Crippen molar-refractivity contribution in [1.82, 2.24) is 25.2 Å². The molecule has 164 valence electrons. The fourth-order valence-electron chi connectivity index (χ4n) is 4.75. The molecule has 1 amide bonds. The molecule has 4 N–H and O–H groups in total. The van der Waals surface area contributed by atoms with Gasteiger partial charge in [-0.25, -0.2) is 9.97 Å². The fourth-order valence-corrected chi connectivity index (χ4v) is 4.75. The van der Waals surface area contributed by atoms with Gasteiger partial charge in [-0.15, -0.1) is 0 Å². The van der Waals surface area contributed by atoms with Crippen LogP contribution in [0.25, 0.3) is 11.0 Å². The van der Waals surface area contributed by atoms with Crippen molar-refractivity contribution in [2.75, 3.05) is 44.2 Å². The normalized spacial score (nSPS) is 20.5. The third-order valence-electron chi connectivity index (χ3n) is 6.96. The number of anilines is 1. The molecule has 30 heavy (non-hydrogen) atoms. The maximum absolute atomic E-state index is 12.8. The third kappa shape index (κ3) is 4.59. The average molecular weight is 414 g/mol. The molecule has 0 aromatic carbocycles. The van der Waals surface area contributed by atoms with Crippen LogP contribution >= 0.6 is 0 Å². The van der Waals surface area contributed by atoms with Crippen molar-refractivity contribution in [3.05, 3.63) is 18.6 Å². The first kappa shape index (κ1) is 21.1. The molecule has 2 fully saturated rings. The van der Waals surface area contributed by atoms with Crippen LogP contribution in [0.4, 0.5) is 5.82 Å². The van der Waals surface area contributed by atoms with E-state index < -0.39 is 5.54 Å². The lowest BCUT2D eigenvalue weighted by atomic mass is 9.87. The number of piperidine rings is 2. The maximum Gasteiger partial charge on any atom is 0.240 e. The Kier molecular flexibility index (Phi) is 6.53. The van der Waals surface area contributed by atoms with Gasteiger partial charge in [0.05, 0.1) is 10.9 Å². The van der Waals surface area contributed by atoms with Crippen molar-refractivity contribution in [2.45, 2.75) is 51.0 Å². The van der Waals surface area contributed by atoms with Gasteiger partial charge in [0.25, 0.3) is 0 Å². The summed E-state index contributed by atoms with van der Waals surface area (Å²) < 4.78 is 0. The number of hydrogen-bond acceptors (Lipinski definition) is 6. The third-order valence-corrected chi connectivity index (χ3v) is 6.96. The van der Waals surface area contributed by atoms with Crippen molar-refractivity contribution in [1.29, 1.82) is 0 Å². The lowest BCUT2D eigenvalue weighted by Gasteiger charge is -2.38. The predicted octanol–water partition coefficient (Wildman–Crippen LogP) is 1.88. The summed E-state index contributed by atoms with van der Waals surface area (Å²) in [5, 5.41) is 4.10. The molecule has 0 aliphatic carbocycles. The SMILES string of the molecule is CCC1CCN(CCCNC(=O)C2(N)CCN(c3ncnc4[nH]ccc34)CC2)CC1. The molecular formula is C22H35N7O. The highest BCUT2D eigenvalue weighted by Crippen LogP contribution is 2.28. The Labute approximate surface area is 178 Å². The molecule has 2 aliphatic heterocycles. The van der Waals surface area contributed by atoms with Gasteiger partial charge in [-0.1, -0.05) is 13.3 Å². The van der Waals surface area contributed by atoms with Gasteiger partial charge in [0.1, 0.15) is 17.8 Å². The van der Waals surface area contributed by atoms with Crippen LogP contribution in [0.15, 0.2) is 18.6 Å². The minimum atomic E-state index is -0.791. The van der Waals surface area contributed by atoms with Crippen molar-refractivity contribution in [2.24, 2.45) is 11.7 Å². The Morgan fingerprint density at radius 3 is 2.77 bits per heavy atom. The van der Waals surface area contributed by atoms with E-state index in [1.165, 1.54) is 32.4 Å². The molecule has 0 radical (unpaired) electrons. The van der Waals surface area contributed by atoms with E-state index in [0.29, 0.717) is 32.5 Å². The first-order valence-electron chi connectivity index (χ1n) is 11.4. The van der Waals surface area contributed by atoms with Crippen LogP contribution in [0.3, 0.4) is 0 Å². The number of aromatic amines is 1. The van der Waals surface area contributed by atoms with Crippen LogP contribution in [0.2, 0.25) is 0 Å². The highest BCUT2D eigenvalue weighted by atomic mass is 16.2. The molecule has 2 aromatic heterocycles. The number of H-pyrrole nitrogens is 1. The summed E-state index contributed by atoms with van der Waals surface area (Å²) in [6, 6.07) is 1.99. The summed E-state index contributed by atoms with van der Waals surface area (Å²) in [6.07, 6.45) is 9.61. The molecule has 8 nitrogen and oxygen atoms in total.